The van der Waals surface area contributed by atoms with Crippen molar-refractivity contribution in [1.82, 2.24) is 4.90 Å². The van der Waals surface area contributed by atoms with Crippen LogP contribution >= 0.6 is 0 Å². The van der Waals surface area contributed by atoms with Gasteiger partial charge in [-0.05, 0) is 12.8 Å². The molecule has 0 unspecified atom stereocenters. The lowest BCUT2D eigenvalue weighted by Crippen LogP contribution is -2.38. The van der Waals surface area contributed by atoms with Gasteiger partial charge in [-0.1, -0.05) is 0 Å². The normalized spacial score (nSPS) is 19.1. The second-order valence-electron chi connectivity index (χ2n) is 4.42. The van der Waals surface area contributed by atoms with Crippen molar-refractivity contribution in [3.8, 4) is 0 Å². The van der Waals surface area contributed by atoms with E-state index in [2.05, 4.69) is 0 Å². The van der Waals surface area contributed by atoms with E-state index in [9.17, 15) is 18.0 Å². The summed E-state index contributed by atoms with van der Waals surface area (Å²) in [5.74, 6) is -0.905. The Bertz CT molecular complexity index is 263. The molecule has 0 aromatic carbocycles. The minimum absolute atomic E-state index is 0.0218. The van der Waals surface area contributed by atoms with Crippen LogP contribution in [0.3, 0.4) is 0 Å². The number of likely N-dealkylation sites (tertiary alicyclic amines) is 1. The molecule has 1 fully saturated rings. The first-order chi connectivity index (χ1) is 8.37. The van der Waals surface area contributed by atoms with Crippen LogP contribution in [0, 0.1) is 0 Å². The molecule has 1 aliphatic rings. The van der Waals surface area contributed by atoms with Gasteiger partial charge < -0.3 is 14.7 Å². The van der Waals surface area contributed by atoms with E-state index in [0.29, 0.717) is 25.9 Å². The van der Waals surface area contributed by atoms with Crippen molar-refractivity contribution in [1.29, 1.82) is 0 Å². The van der Waals surface area contributed by atoms with Crippen molar-refractivity contribution in [2.45, 2.75) is 38.0 Å². The third-order valence-corrected chi connectivity index (χ3v) is 2.92. The Kier molecular flexibility index (Phi) is 5.87. The average Bonchev–Trinajstić information content (AvgIpc) is 2.26. The fourth-order valence-electron chi connectivity index (χ4n) is 1.90. The molecule has 1 saturated heterocycles. The SMILES string of the molecule is O=C(O)CCOC1CCN(CCC(F)(F)F)CC1. The molecule has 1 rings (SSSR count). The monoisotopic (exact) mass is 269 g/mol. The van der Waals surface area contributed by atoms with Gasteiger partial charge in [0.05, 0.1) is 25.6 Å². The second-order valence-corrected chi connectivity index (χ2v) is 4.42. The van der Waals surface area contributed by atoms with Gasteiger partial charge in [-0.15, -0.1) is 0 Å². The Balaban J connectivity index is 2.11. The van der Waals surface area contributed by atoms with Crippen molar-refractivity contribution in [3.63, 3.8) is 0 Å². The number of hydrogen-bond acceptors (Lipinski definition) is 3. The Morgan fingerprint density at radius 1 is 1.33 bits per heavy atom. The number of alkyl halides is 3. The third-order valence-electron chi connectivity index (χ3n) is 2.92. The second kappa shape index (κ2) is 6.94. The fourth-order valence-corrected chi connectivity index (χ4v) is 1.90. The molecule has 0 aromatic heterocycles. The number of carboxylic acid groups (broad SMARTS) is 1. The Labute approximate surface area is 104 Å². The molecule has 4 nitrogen and oxygen atoms in total. The third kappa shape index (κ3) is 6.80. The fraction of sp³-hybridized carbons (Fsp3) is 0.909. The van der Waals surface area contributed by atoms with E-state index in [4.69, 9.17) is 9.84 Å². The summed E-state index contributed by atoms with van der Waals surface area (Å²) in [6.07, 6.45) is -3.61. The minimum atomic E-state index is -4.10. The number of rotatable bonds is 6. The van der Waals surface area contributed by atoms with Gasteiger partial charge in [0.1, 0.15) is 0 Å². The maximum absolute atomic E-state index is 12.0. The summed E-state index contributed by atoms with van der Waals surface area (Å²) in [6, 6.07) is 0. The summed E-state index contributed by atoms with van der Waals surface area (Å²) >= 11 is 0. The molecular weight excluding hydrogens is 251 g/mol. The van der Waals surface area contributed by atoms with Crippen LogP contribution in [0.15, 0.2) is 0 Å². The molecule has 1 heterocycles. The molecule has 0 radical (unpaired) electrons. The highest BCUT2D eigenvalue weighted by Gasteiger charge is 2.29. The molecule has 0 saturated carbocycles. The summed E-state index contributed by atoms with van der Waals surface area (Å²) < 4.78 is 41.4. The number of carboxylic acids is 1. The number of aliphatic carboxylic acids is 1. The van der Waals surface area contributed by atoms with E-state index in [1.165, 1.54) is 0 Å². The molecule has 1 N–H and O–H groups in total. The molecule has 0 amide bonds. The highest BCUT2D eigenvalue weighted by molar-refractivity contribution is 5.66. The van der Waals surface area contributed by atoms with Crippen molar-refractivity contribution >= 4 is 5.97 Å². The number of nitrogens with zero attached hydrogens (tertiary/aromatic N) is 1. The van der Waals surface area contributed by atoms with Crippen LogP contribution in [-0.4, -0.2) is 54.5 Å². The minimum Gasteiger partial charge on any atom is -0.481 e. The quantitative estimate of drug-likeness (QED) is 0.800. The molecule has 0 atom stereocenters. The van der Waals surface area contributed by atoms with E-state index in [1.54, 1.807) is 4.90 Å². The van der Waals surface area contributed by atoms with Crippen molar-refractivity contribution < 1.29 is 27.8 Å². The van der Waals surface area contributed by atoms with Crippen molar-refractivity contribution in [3.05, 3.63) is 0 Å². The molecule has 0 aliphatic carbocycles. The first kappa shape index (κ1) is 15.2. The van der Waals surface area contributed by atoms with Gasteiger partial charge in [0.25, 0.3) is 0 Å². The van der Waals surface area contributed by atoms with Crippen LogP contribution in [0.1, 0.15) is 25.7 Å². The molecule has 18 heavy (non-hydrogen) atoms. The number of ether oxygens (including phenoxy) is 1. The lowest BCUT2D eigenvalue weighted by atomic mass is 10.1. The largest absolute Gasteiger partial charge is 0.481 e. The van der Waals surface area contributed by atoms with Crippen molar-refractivity contribution in [2.75, 3.05) is 26.2 Å². The summed E-state index contributed by atoms with van der Waals surface area (Å²) in [7, 11) is 0. The van der Waals surface area contributed by atoms with Crippen LogP contribution < -0.4 is 0 Å². The molecule has 7 heteroatoms. The van der Waals surface area contributed by atoms with Crippen LogP contribution in [0.4, 0.5) is 13.2 Å². The van der Waals surface area contributed by atoms with E-state index in [-0.39, 0.29) is 25.7 Å². The van der Waals surface area contributed by atoms with Crippen LogP contribution in [0.25, 0.3) is 0 Å². The molecule has 1 aliphatic heterocycles. The number of carbonyl (C=O) groups is 1. The van der Waals surface area contributed by atoms with Crippen LogP contribution in [0.5, 0.6) is 0 Å². The number of hydrogen-bond donors (Lipinski definition) is 1. The Hall–Kier alpha value is -0.820. The zero-order valence-electron chi connectivity index (χ0n) is 10.1. The maximum Gasteiger partial charge on any atom is 0.390 e. The summed E-state index contributed by atoms with van der Waals surface area (Å²) in [6.45, 7) is 1.36. The standard InChI is InChI=1S/C11H18F3NO3/c12-11(13,14)4-7-15-5-1-9(2-6-15)18-8-3-10(16)17/h9H,1-8H2,(H,16,17). The van der Waals surface area contributed by atoms with Gasteiger partial charge in [0.2, 0.25) is 0 Å². The highest BCUT2D eigenvalue weighted by Crippen LogP contribution is 2.21. The average molecular weight is 269 g/mol. The first-order valence-electron chi connectivity index (χ1n) is 5.99. The first-order valence-corrected chi connectivity index (χ1v) is 5.99. The lowest BCUT2D eigenvalue weighted by Gasteiger charge is -2.31. The topological polar surface area (TPSA) is 49.8 Å². The Morgan fingerprint density at radius 3 is 2.44 bits per heavy atom. The lowest BCUT2D eigenvalue weighted by molar-refractivity contribution is -0.139. The van der Waals surface area contributed by atoms with Crippen LogP contribution in [0.2, 0.25) is 0 Å². The van der Waals surface area contributed by atoms with Gasteiger partial charge in [-0.3, -0.25) is 4.79 Å². The molecule has 0 bridgehead atoms. The van der Waals surface area contributed by atoms with E-state index >= 15 is 0 Å². The van der Waals surface area contributed by atoms with Crippen LogP contribution in [-0.2, 0) is 9.53 Å². The number of piperidine rings is 1. The number of halogens is 3. The highest BCUT2D eigenvalue weighted by atomic mass is 19.4. The maximum atomic E-state index is 12.0. The van der Waals surface area contributed by atoms with Gasteiger partial charge in [-0.2, -0.15) is 13.2 Å². The Morgan fingerprint density at radius 2 is 1.94 bits per heavy atom. The predicted octanol–water partition coefficient (Wildman–Crippen LogP) is 1.89. The molecule has 0 spiro atoms. The predicted molar refractivity (Wildman–Crippen MR) is 58.3 cm³/mol. The zero-order chi connectivity index (χ0) is 13.6. The molecule has 106 valence electrons. The molecule has 0 aromatic rings. The van der Waals surface area contributed by atoms with Gasteiger partial charge in [-0.25, -0.2) is 0 Å². The summed E-state index contributed by atoms with van der Waals surface area (Å²) in [5, 5.41) is 8.44. The van der Waals surface area contributed by atoms with E-state index < -0.39 is 18.6 Å². The van der Waals surface area contributed by atoms with Crippen molar-refractivity contribution in [2.24, 2.45) is 0 Å². The van der Waals surface area contributed by atoms with E-state index in [1.807, 2.05) is 0 Å². The summed E-state index contributed by atoms with van der Waals surface area (Å²) in [4.78, 5) is 12.0. The summed E-state index contributed by atoms with van der Waals surface area (Å²) in [5.41, 5.74) is 0. The zero-order valence-corrected chi connectivity index (χ0v) is 10.1. The van der Waals surface area contributed by atoms with E-state index in [0.717, 1.165) is 0 Å². The smallest absolute Gasteiger partial charge is 0.390 e. The van der Waals surface area contributed by atoms with Gasteiger partial charge >= 0.3 is 12.1 Å². The molecular formula is C11H18F3NO3. The van der Waals surface area contributed by atoms with Gasteiger partial charge in [0, 0.05) is 19.6 Å². The van der Waals surface area contributed by atoms with Gasteiger partial charge in [0.15, 0.2) is 0 Å².